The third-order valence-electron chi connectivity index (χ3n) is 4.81. The van der Waals surface area contributed by atoms with E-state index >= 15 is 0 Å². The number of carbonyl (C=O) groups is 1. The molecule has 0 bridgehead atoms. The lowest BCUT2D eigenvalue weighted by Gasteiger charge is -2.36. The molecule has 0 spiro atoms. The minimum Gasteiger partial charge on any atom is -0.451 e. The van der Waals surface area contributed by atoms with E-state index in [1.54, 1.807) is 6.07 Å². The van der Waals surface area contributed by atoms with Crippen molar-refractivity contribution < 1.29 is 18.0 Å². The van der Waals surface area contributed by atoms with Crippen LogP contribution < -0.4 is 10.6 Å². The minimum atomic E-state index is -0.588. The van der Waals surface area contributed by atoms with Crippen molar-refractivity contribution in [3.05, 3.63) is 65.4 Å². The second-order valence-corrected chi connectivity index (χ2v) is 6.74. The van der Waals surface area contributed by atoms with Crippen LogP contribution in [-0.4, -0.2) is 37.0 Å². The van der Waals surface area contributed by atoms with Crippen LogP contribution in [0.4, 0.5) is 14.5 Å². The molecule has 7 heteroatoms. The first kappa shape index (κ1) is 17.5. The summed E-state index contributed by atoms with van der Waals surface area (Å²) in [4.78, 5) is 15.7. The molecular weight excluding hydrogens is 352 g/mol. The molecule has 0 unspecified atom stereocenters. The molecular formula is C20H19F2N3O2. The zero-order valence-corrected chi connectivity index (χ0v) is 14.6. The zero-order valence-electron chi connectivity index (χ0n) is 14.6. The number of piperazine rings is 1. The molecule has 3 aromatic rings. The average Bonchev–Trinajstić information content (AvgIpc) is 3.05. The number of furan rings is 1. The van der Waals surface area contributed by atoms with Crippen molar-refractivity contribution in [3.63, 3.8) is 0 Å². The molecule has 27 heavy (non-hydrogen) atoms. The van der Waals surface area contributed by atoms with Crippen LogP contribution in [0.15, 0.2) is 46.9 Å². The van der Waals surface area contributed by atoms with Gasteiger partial charge in [-0.1, -0.05) is 0 Å². The predicted octanol–water partition coefficient (Wildman–Crippen LogP) is 3.13. The van der Waals surface area contributed by atoms with E-state index in [4.69, 9.17) is 10.2 Å². The van der Waals surface area contributed by atoms with Gasteiger partial charge in [-0.25, -0.2) is 8.78 Å². The lowest BCUT2D eigenvalue weighted by Crippen LogP contribution is -2.45. The topological polar surface area (TPSA) is 62.7 Å². The first-order valence-corrected chi connectivity index (χ1v) is 8.73. The van der Waals surface area contributed by atoms with E-state index in [9.17, 15) is 13.6 Å². The monoisotopic (exact) mass is 371 g/mol. The fraction of sp³-hybridized carbons (Fsp3) is 0.250. The molecule has 1 aromatic heterocycles. The molecule has 140 valence electrons. The molecule has 0 atom stereocenters. The largest absolute Gasteiger partial charge is 0.451 e. The van der Waals surface area contributed by atoms with Crippen molar-refractivity contribution in [1.29, 1.82) is 0 Å². The molecule has 0 aliphatic carbocycles. The van der Waals surface area contributed by atoms with E-state index in [1.807, 2.05) is 18.2 Å². The van der Waals surface area contributed by atoms with E-state index in [0.717, 1.165) is 43.3 Å². The Kier molecular flexibility index (Phi) is 4.53. The molecule has 4 rings (SSSR count). The maximum atomic E-state index is 13.3. The Hall–Kier alpha value is -2.93. The lowest BCUT2D eigenvalue weighted by atomic mass is 10.1. The summed E-state index contributed by atoms with van der Waals surface area (Å²) in [7, 11) is 0. The van der Waals surface area contributed by atoms with Crippen molar-refractivity contribution >= 4 is 22.6 Å². The number of fused-ring (bicyclic) bond motifs is 1. The van der Waals surface area contributed by atoms with Crippen LogP contribution >= 0.6 is 0 Å². The van der Waals surface area contributed by atoms with Crippen molar-refractivity contribution in [2.45, 2.75) is 6.54 Å². The number of nitrogens with two attached hydrogens (primary N) is 1. The highest BCUT2D eigenvalue weighted by Gasteiger charge is 2.19. The van der Waals surface area contributed by atoms with Crippen LogP contribution in [-0.2, 0) is 6.54 Å². The highest BCUT2D eigenvalue weighted by Crippen LogP contribution is 2.26. The Morgan fingerprint density at radius 1 is 1.00 bits per heavy atom. The van der Waals surface area contributed by atoms with Crippen LogP contribution in [0.25, 0.3) is 11.0 Å². The van der Waals surface area contributed by atoms with E-state index in [-0.39, 0.29) is 5.76 Å². The summed E-state index contributed by atoms with van der Waals surface area (Å²) >= 11 is 0. The van der Waals surface area contributed by atoms with Gasteiger partial charge in [0, 0.05) is 49.9 Å². The number of hydrogen-bond donors (Lipinski definition) is 1. The molecule has 2 heterocycles. The number of primary amides is 1. The summed E-state index contributed by atoms with van der Waals surface area (Å²) in [5.74, 6) is -1.54. The lowest BCUT2D eigenvalue weighted by molar-refractivity contribution is 0.0976. The van der Waals surface area contributed by atoms with Gasteiger partial charge in [-0.15, -0.1) is 0 Å². The number of benzene rings is 2. The predicted molar refractivity (Wildman–Crippen MR) is 98.6 cm³/mol. The quantitative estimate of drug-likeness (QED) is 0.765. The minimum absolute atomic E-state index is 0.147. The summed E-state index contributed by atoms with van der Waals surface area (Å²) < 4.78 is 32.1. The second kappa shape index (κ2) is 7.00. The molecule has 0 radical (unpaired) electrons. The summed E-state index contributed by atoms with van der Waals surface area (Å²) in [5.41, 5.74) is 7.56. The number of anilines is 1. The normalized spacial score (nSPS) is 15.4. The first-order chi connectivity index (χ1) is 13.0. The van der Waals surface area contributed by atoms with Crippen LogP contribution in [0, 0.1) is 11.6 Å². The fourth-order valence-electron chi connectivity index (χ4n) is 3.47. The average molecular weight is 371 g/mol. The maximum absolute atomic E-state index is 13.3. The second-order valence-electron chi connectivity index (χ2n) is 6.74. The van der Waals surface area contributed by atoms with Gasteiger partial charge >= 0.3 is 0 Å². The van der Waals surface area contributed by atoms with Crippen LogP contribution in [0.2, 0.25) is 0 Å². The molecule has 1 amide bonds. The van der Waals surface area contributed by atoms with E-state index in [0.29, 0.717) is 17.7 Å². The van der Waals surface area contributed by atoms with E-state index < -0.39 is 17.5 Å². The van der Waals surface area contributed by atoms with Gasteiger partial charge in [0.25, 0.3) is 5.91 Å². The number of rotatable bonds is 4. The first-order valence-electron chi connectivity index (χ1n) is 8.73. The van der Waals surface area contributed by atoms with E-state index in [1.165, 1.54) is 12.1 Å². The van der Waals surface area contributed by atoms with E-state index in [2.05, 4.69) is 9.80 Å². The van der Waals surface area contributed by atoms with Gasteiger partial charge in [0.05, 0.1) is 0 Å². The van der Waals surface area contributed by atoms with Gasteiger partial charge in [0.1, 0.15) is 17.2 Å². The SMILES string of the molecule is NC(=O)c1cc2cc(N3CCN(Cc4cc(F)cc(F)c4)CC3)ccc2o1. The molecule has 0 saturated carbocycles. The third-order valence-corrected chi connectivity index (χ3v) is 4.81. The van der Waals surface area contributed by atoms with Gasteiger partial charge in [-0.2, -0.15) is 0 Å². The van der Waals surface area contributed by atoms with Crippen molar-refractivity contribution in [3.8, 4) is 0 Å². The van der Waals surface area contributed by atoms with Gasteiger partial charge in [-0.05, 0) is 42.0 Å². The smallest absolute Gasteiger partial charge is 0.284 e. The number of nitrogens with zero attached hydrogens (tertiary/aromatic N) is 2. The summed E-state index contributed by atoms with van der Waals surface area (Å²) in [6, 6.07) is 11.0. The van der Waals surface area contributed by atoms with Gasteiger partial charge in [0.2, 0.25) is 0 Å². The Morgan fingerprint density at radius 2 is 1.70 bits per heavy atom. The Labute approximate surface area is 155 Å². The molecule has 1 fully saturated rings. The maximum Gasteiger partial charge on any atom is 0.284 e. The molecule has 1 aliphatic heterocycles. The highest BCUT2D eigenvalue weighted by molar-refractivity contribution is 5.95. The van der Waals surface area contributed by atoms with Crippen molar-refractivity contribution in [2.24, 2.45) is 5.73 Å². The Balaban J connectivity index is 1.42. The van der Waals surface area contributed by atoms with Gasteiger partial charge in [-0.3, -0.25) is 9.69 Å². The summed E-state index contributed by atoms with van der Waals surface area (Å²) in [6.07, 6.45) is 0. The fourth-order valence-corrected chi connectivity index (χ4v) is 3.47. The zero-order chi connectivity index (χ0) is 19.0. The highest BCUT2D eigenvalue weighted by atomic mass is 19.1. The molecule has 2 aromatic carbocycles. The number of halogens is 2. The number of carbonyl (C=O) groups excluding carboxylic acids is 1. The third kappa shape index (κ3) is 3.78. The van der Waals surface area contributed by atoms with Gasteiger partial charge < -0.3 is 15.1 Å². The number of hydrogen-bond acceptors (Lipinski definition) is 4. The summed E-state index contributed by atoms with van der Waals surface area (Å²) in [5, 5.41) is 0.832. The molecule has 2 N–H and O–H groups in total. The van der Waals surface area contributed by atoms with Crippen molar-refractivity contribution in [2.75, 3.05) is 31.1 Å². The summed E-state index contributed by atoms with van der Waals surface area (Å²) in [6.45, 7) is 3.68. The Bertz CT molecular complexity index is 974. The number of amides is 1. The molecule has 1 aliphatic rings. The van der Waals surface area contributed by atoms with Crippen LogP contribution in [0.5, 0.6) is 0 Å². The standard InChI is InChI=1S/C20H19F2N3O2/c21-15-7-13(8-16(22)11-15)12-24-3-5-25(6-4-24)17-1-2-18-14(9-17)10-19(27-18)20(23)26/h1-2,7-11H,3-6,12H2,(H2,23,26). The Morgan fingerprint density at radius 3 is 2.37 bits per heavy atom. The van der Waals surface area contributed by atoms with Crippen LogP contribution in [0.3, 0.4) is 0 Å². The molecule has 5 nitrogen and oxygen atoms in total. The van der Waals surface area contributed by atoms with Crippen molar-refractivity contribution in [1.82, 2.24) is 4.90 Å². The van der Waals surface area contributed by atoms with Crippen LogP contribution in [0.1, 0.15) is 16.1 Å². The van der Waals surface area contributed by atoms with Gasteiger partial charge in [0.15, 0.2) is 5.76 Å². The molecule has 1 saturated heterocycles.